The molecule has 1 heterocycles. The molecule has 104 valence electrons. The normalized spacial score (nSPS) is 27.7. The van der Waals surface area contributed by atoms with Crippen LogP contribution in [0.5, 0.6) is 0 Å². The average Bonchev–Trinajstić information content (AvgIpc) is 2.09. The maximum Gasteiger partial charge on any atom is 0.337 e. The molecule has 1 aliphatic rings. The van der Waals surface area contributed by atoms with E-state index < -0.39 is 18.4 Å². The SMILES string of the molecule is CC(C)C[C@@H]1C[C@H](C#C[Si](C)(C)C)NS(=O)(=O)O1. The van der Waals surface area contributed by atoms with Crippen LogP contribution in [0.2, 0.25) is 19.6 Å². The first kappa shape index (κ1) is 15.7. The van der Waals surface area contributed by atoms with E-state index in [1.807, 2.05) is 0 Å². The summed E-state index contributed by atoms with van der Waals surface area (Å²) in [7, 11) is -5.11. The van der Waals surface area contributed by atoms with Gasteiger partial charge >= 0.3 is 10.3 Å². The smallest absolute Gasteiger partial charge is 0.255 e. The zero-order valence-corrected chi connectivity index (χ0v) is 13.6. The summed E-state index contributed by atoms with van der Waals surface area (Å²) in [4.78, 5) is 0. The third-order valence-electron chi connectivity index (χ3n) is 2.40. The molecule has 0 bridgehead atoms. The Labute approximate surface area is 112 Å². The molecule has 1 N–H and O–H groups in total. The third-order valence-corrected chi connectivity index (χ3v) is 4.40. The van der Waals surface area contributed by atoms with Crippen LogP contribution in [0.1, 0.15) is 26.7 Å². The van der Waals surface area contributed by atoms with Gasteiger partial charge in [0.1, 0.15) is 8.07 Å². The molecule has 6 heteroatoms. The van der Waals surface area contributed by atoms with Gasteiger partial charge in [-0.2, -0.15) is 13.1 Å². The molecule has 0 aliphatic carbocycles. The molecular weight excluding hydrogens is 266 g/mol. The molecule has 0 amide bonds. The van der Waals surface area contributed by atoms with Crippen LogP contribution >= 0.6 is 0 Å². The van der Waals surface area contributed by atoms with E-state index in [1.165, 1.54) is 0 Å². The van der Waals surface area contributed by atoms with Crippen molar-refractivity contribution in [3.63, 3.8) is 0 Å². The highest BCUT2D eigenvalue weighted by molar-refractivity contribution is 7.84. The summed E-state index contributed by atoms with van der Waals surface area (Å²) < 4.78 is 30.7. The monoisotopic (exact) mass is 289 g/mol. The molecular formula is C12H23NO3SSi. The molecule has 0 saturated carbocycles. The van der Waals surface area contributed by atoms with Gasteiger partial charge in [0.15, 0.2) is 0 Å². The van der Waals surface area contributed by atoms with E-state index in [1.54, 1.807) is 0 Å². The Hall–Kier alpha value is -0.353. The number of hydrogen-bond donors (Lipinski definition) is 1. The quantitative estimate of drug-likeness (QED) is 0.624. The van der Waals surface area contributed by atoms with Crippen molar-refractivity contribution in [3.8, 4) is 11.5 Å². The lowest BCUT2D eigenvalue weighted by atomic mass is 10.0. The molecule has 4 nitrogen and oxygen atoms in total. The largest absolute Gasteiger partial charge is 0.337 e. The fourth-order valence-corrected chi connectivity index (χ4v) is 3.47. The van der Waals surface area contributed by atoms with Gasteiger partial charge in [-0.05, 0) is 12.3 Å². The van der Waals surface area contributed by atoms with Crippen LogP contribution in [0.25, 0.3) is 0 Å². The Morgan fingerprint density at radius 1 is 1.39 bits per heavy atom. The molecule has 0 radical (unpaired) electrons. The van der Waals surface area contributed by atoms with Crippen molar-refractivity contribution >= 4 is 18.4 Å². The van der Waals surface area contributed by atoms with E-state index >= 15 is 0 Å². The molecule has 1 rings (SSSR count). The summed E-state index contributed by atoms with van der Waals surface area (Å²) in [5, 5.41) is 0. The van der Waals surface area contributed by atoms with Gasteiger partial charge in [0.05, 0.1) is 12.1 Å². The van der Waals surface area contributed by atoms with Gasteiger partial charge in [-0.1, -0.05) is 39.4 Å². The van der Waals surface area contributed by atoms with Gasteiger partial charge in [-0.3, -0.25) is 4.18 Å². The summed E-state index contributed by atoms with van der Waals surface area (Å²) in [6.07, 6.45) is 1.12. The van der Waals surface area contributed by atoms with Gasteiger partial charge in [-0.15, -0.1) is 5.54 Å². The van der Waals surface area contributed by atoms with Gasteiger partial charge in [0.2, 0.25) is 0 Å². The highest BCUT2D eigenvalue weighted by atomic mass is 32.2. The van der Waals surface area contributed by atoms with Crippen LogP contribution in [-0.4, -0.2) is 28.6 Å². The summed E-state index contributed by atoms with van der Waals surface area (Å²) in [5.41, 5.74) is 3.21. The maximum absolute atomic E-state index is 11.6. The first-order chi connectivity index (χ1) is 8.07. The van der Waals surface area contributed by atoms with Crippen molar-refractivity contribution in [1.82, 2.24) is 4.72 Å². The Balaban J connectivity index is 2.78. The zero-order chi connectivity index (χ0) is 14.0. The summed E-state index contributed by atoms with van der Waals surface area (Å²) in [6, 6.07) is -0.306. The lowest BCUT2D eigenvalue weighted by Gasteiger charge is -2.28. The van der Waals surface area contributed by atoms with Crippen LogP contribution in [-0.2, 0) is 14.5 Å². The molecule has 18 heavy (non-hydrogen) atoms. The number of hydrogen-bond acceptors (Lipinski definition) is 3. The van der Waals surface area contributed by atoms with Crippen molar-refractivity contribution in [3.05, 3.63) is 0 Å². The summed E-state index contributed by atoms with van der Waals surface area (Å²) in [6.45, 7) is 10.5. The highest BCUT2D eigenvalue weighted by Gasteiger charge is 2.31. The molecule has 1 saturated heterocycles. The van der Waals surface area contributed by atoms with Crippen molar-refractivity contribution in [2.45, 2.75) is 58.5 Å². The minimum absolute atomic E-state index is 0.253. The molecule has 0 unspecified atom stereocenters. The molecule has 1 fully saturated rings. The average molecular weight is 289 g/mol. The van der Waals surface area contributed by atoms with Gasteiger partial charge in [-0.25, -0.2) is 0 Å². The van der Waals surface area contributed by atoms with Crippen molar-refractivity contribution in [1.29, 1.82) is 0 Å². The molecule has 0 spiro atoms. The van der Waals surface area contributed by atoms with E-state index in [0.29, 0.717) is 12.3 Å². The van der Waals surface area contributed by atoms with E-state index in [-0.39, 0.29) is 12.1 Å². The van der Waals surface area contributed by atoms with Crippen LogP contribution in [0.4, 0.5) is 0 Å². The first-order valence-electron chi connectivity index (χ1n) is 6.30. The van der Waals surface area contributed by atoms with Gasteiger partial charge in [0.25, 0.3) is 0 Å². The zero-order valence-electron chi connectivity index (χ0n) is 11.8. The van der Waals surface area contributed by atoms with E-state index in [0.717, 1.165) is 6.42 Å². The Morgan fingerprint density at radius 2 is 2.00 bits per heavy atom. The van der Waals surface area contributed by atoms with Crippen molar-refractivity contribution < 1.29 is 12.6 Å². The van der Waals surface area contributed by atoms with Gasteiger partial charge in [0, 0.05) is 6.42 Å². The molecule has 2 atom stereocenters. The number of rotatable bonds is 2. The van der Waals surface area contributed by atoms with E-state index in [2.05, 4.69) is 49.7 Å². The van der Waals surface area contributed by atoms with E-state index in [4.69, 9.17) is 4.18 Å². The Bertz CT molecular complexity index is 442. The minimum atomic E-state index is -3.63. The van der Waals surface area contributed by atoms with Crippen LogP contribution < -0.4 is 4.72 Å². The second-order valence-electron chi connectivity index (χ2n) is 6.23. The summed E-state index contributed by atoms with van der Waals surface area (Å²) in [5.74, 6) is 3.47. The molecule has 0 aromatic heterocycles. The van der Waals surface area contributed by atoms with Crippen molar-refractivity contribution in [2.75, 3.05) is 0 Å². The third kappa shape index (κ3) is 6.00. The Morgan fingerprint density at radius 3 is 2.50 bits per heavy atom. The summed E-state index contributed by atoms with van der Waals surface area (Å²) >= 11 is 0. The standard InChI is InChI=1S/C12H23NO3SSi/c1-10(2)8-12-9-11(6-7-18(3,4)5)13-17(14,15)16-12/h10-13H,8-9H2,1-5H3/t11-,12+/m0/s1. The fraction of sp³-hybridized carbons (Fsp3) is 0.833. The fourth-order valence-electron chi connectivity index (χ4n) is 1.78. The molecule has 0 aromatic rings. The first-order valence-corrected chi connectivity index (χ1v) is 11.2. The second-order valence-corrected chi connectivity index (χ2v) is 12.3. The van der Waals surface area contributed by atoms with Crippen LogP contribution in [0, 0.1) is 17.4 Å². The minimum Gasteiger partial charge on any atom is -0.255 e. The maximum atomic E-state index is 11.6. The lowest BCUT2D eigenvalue weighted by molar-refractivity contribution is 0.145. The van der Waals surface area contributed by atoms with Crippen LogP contribution in [0.3, 0.4) is 0 Å². The van der Waals surface area contributed by atoms with Crippen LogP contribution in [0.15, 0.2) is 0 Å². The predicted molar refractivity (Wildman–Crippen MR) is 75.9 cm³/mol. The topological polar surface area (TPSA) is 55.4 Å². The molecule has 1 aliphatic heterocycles. The Kier molecular flexibility index (Phi) is 5.01. The van der Waals surface area contributed by atoms with E-state index in [9.17, 15) is 8.42 Å². The predicted octanol–water partition coefficient (Wildman–Crippen LogP) is 1.91. The van der Waals surface area contributed by atoms with Gasteiger partial charge < -0.3 is 0 Å². The number of nitrogens with one attached hydrogen (secondary N) is 1. The van der Waals surface area contributed by atoms with Crippen molar-refractivity contribution in [2.24, 2.45) is 5.92 Å². The molecule has 0 aromatic carbocycles. The lowest BCUT2D eigenvalue weighted by Crippen LogP contribution is -2.45. The highest BCUT2D eigenvalue weighted by Crippen LogP contribution is 2.20. The second kappa shape index (κ2) is 5.74.